The predicted octanol–water partition coefficient (Wildman–Crippen LogP) is 4.27. The van der Waals surface area contributed by atoms with Crippen LogP contribution in [0.5, 0.6) is 11.5 Å². The van der Waals surface area contributed by atoms with Crippen LogP contribution in [-0.4, -0.2) is 12.1 Å². The van der Waals surface area contributed by atoms with E-state index in [0.717, 1.165) is 35.7 Å². The first-order valence-electron chi connectivity index (χ1n) is 8.70. The van der Waals surface area contributed by atoms with Crippen molar-refractivity contribution in [2.24, 2.45) is 0 Å². The van der Waals surface area contributed by atoms with E-state index in [9.17, 15) is 0 Å². The maximum atomic E-state index is 5.97. The molecule has 3 rings (SSSR count). The van der Waals surface area contributed by atoms with Gasteiger partial charge in [-0.15, -0.1) is 0 Å². The molecular formula is C22H24N2O2. The lowest BCUT2D eigenvalue weighted by molar-refractivity contribution is 0.283. The van der Waals surface area contributed by atoms with Crippen LogP contribution in [0.15, 0.2) is 67.0 Å². The maximum Gasteiger partial charge on any atom is 0.161 e. The fourth-order valence-electron chi connectivity index (χ4n) is 2.72. The van der Waals surface area contributed by atoms with Gasteiger partial charge in [-0.05, 0) is 47.4 Å². The molecule has 4 nitrogen and oxygen atoms in total. The standard InChI is InChI=1S/C22H24N2O2/c1-17-6-3-4-8-20(17)16-26-21-10-9-18(12-22(21)25-2)13-24-15-19-7-5-11-23-14-19/h3-12,14,24H,13,15-16H2,1-2H3. The summed E-state index contributed by atoms with van der Waals surface area (Å²) in [6.45, 7) is 4.15. The Morgan fingerprint density at radius 1 is 0.923 bits per heavy atom. The van der Waals surface area contributed by atoms with Crippen LogP contribution in [0, 0.1) is 6.92 Å². The number of aromatic nitrogens is 1. The molecule has 0 saturated heterocycles. The first-order valence-corrected chi connectivity index (χ1v) is 8.70. The molecule has 26 heavy (non-hydrogen) atoms. The van der Waals surface area contributed by atoms with Gasteiger partial charge in [0.2, 0.25) is 0 Å². The van der Waals surface area contributed by atoms with E-state index in [1.165, 1.54) is 11.1 Å². The SMILES string of the molecule is COc1cc(CNCc2cccnc2)ccc1OCc1ccccc1C. The number of nitrogens with zero attached hydrogens (tertiary/aromatic N) is 1. The highest BCUT2D eigenvalue weighted by Crippen LogP contribution is 2.29. The Hall–Kier alpha value is -2.85. The molecule has 0 aliphatic carbocycles. The summed E-state index contributed by atoms with van der Waals surface area (Å²) in [5, 5.41) is 3.42. The maximum absolute atomic E-state index is 5.97. The van der Waals surface area contributed by atoms with Gasteiger partial charge in [0.15, 0.2) is 11.5 Å². The first kappa shape index (κ1) is 18.0. The minimum atomic E-state index is 0.529. The third-order valence-corrected chi connectivity index (χ3v) is 4.25. The molecule has 0 fully saturated rings. The molecule has 0 amide bonds. The monoisotopic (exact) mass is 348 g/mol. The van der Waals surface area contributed by atoms with Crippen LogP contribution < -0.4 is 14.8 Å². The Balaban J connectivity index is 1.59. The highest BCUT2D eigenvalue weighted by molar-refractivity contribution is 5.43. The first-order chi connectivity index (χ1) is 12.8. The lowest BCUT2D eigenvalue weighted by Crippen LogP contribution is -2.12. The Labute approximate surface area is 154 Å². The average molecular weight is 348 g/mol. The molecule has 0 aliphatic heterocycles. The van der Waals surface area contributed by atoms with Crippen molar-refractivity contribution < 1.29 is 9.47 Å². The molecular weight excluding hydrogens is 324 g/mol. The molecule has 2 aromatic carbocycles. The van der Waals surface area contributed by atoms with Crippen LogP contribution in [0.1, 0.15) is 22.3 Å². The quantitative estimate of drug-likeness (QED) is 0.660. The zero-order valence-electron chi connectivity index (χ0n) is 15.2. The number of rotatable bonds is 8. The minimum absolute atomic E-state index is 0.529. The van der Waals surface area contributed by atoms with E-state index in [4.69, 9.17) is 9.47 Å². The summed E-state index contributed by atoms with van der Waals surface area (Å²) in [6, 6.07) is 18.3. The number of nitrogens with one attached hydrogen (secondary N) is 1. The average Bonchev–Trinajstić information content (AvgIpc) is 2.68. The Bertz CT molecular complexity index is 835. The van der Waals surface area contributed by atoms with Gasteiger partial charge in [0.25, 0.3) is 0 Å². The number of ether oxygens (including phenoxy) is 2. The molecule has 0 bridgehead atoms. The van der Waals surface area contributed by atoms with Crippen LogP contribution in [0.25, 0.3) is 0 Å². The largest absolute Gasteiger partial charge is 0.493 e. The van der Waals surface area contributed by atoms with Gasteiger partial charge in [-0.25, -0.2) is 0 Å². The van der Waals surface area contributed by atoms with Crippen molar-refractivity contribution in [3.8, 4) is 11.5 Å². The van der Waals surface area contributed by atoms with Gasteiger partial charge < -0.3 is 14.8 Å². The zero-order valence-corrected chi connectivity index (χ0v) is 15.2. The molecule has 0 saturated carbocycles. The molecule has 1 aromatic heterocycles. The Kier molecular flexibility index (Phi) is 6.23. The van der Waals surface area contributed by atoms with E-state index in [1.807, 2.05) is 36.5 Å². The van der Waals surface area contributed by atoms with Crippen molar-refractivity contribution in [2.75, 3.05) is 7.11 Å². The highest BCUT2D eigenvalue weighted by Gasteiger charge is 2.07. The van der Waals surface area contributed by atoms with Crippen molar-refractivity contribution >= 4 is 0 Å². The Morgan fingerprint density at radius 3 is 2.54 bits per heavy atom. The number of pyridine rings is 1. The number of benzene rings is 2. The summed E-state index contributed by atoms with van der Waals surface area (Å²) in [5.74, 6) is 1.51. The third kappa shape index (κ3) is 4.83. The van der Waals surface area contributed by atoms with Crippen molar-refractivity contribution in [1.82, 2.24) is 10.3 Å². The summed E-state index contributed by atoms with van der Waals surface area (Å²) in [7, 11) is 1.67. The van der Waals surface area contributed by atoms with E-state index in [0.29, 0.717) is 6.61 Å². The number of methoxy groups -OCH3 is 1. The number of hydrogen-bond donors (Lipinski definition) is 1. The van der Waals surface area contributed by atoms with Gasteiger partial charge in [-0.2, -0.15) is 0 Å². The fourth-order valence-corrected chi connectivity index (χ4v) is 2.72. The van der Waals surface area contributed by atoms with Crippen LogP contribution in [0.3, 0.4) is 0 Å². The molecule has 1 heterocycles. The van der Waals surface area contributed by atoms with Crippen molar-refractivity contribution in [3.05, 3.63) is 89.2 Å². The lowest BCUT2D eigenvalue weighted by atomic mass is 10.1. The van der Waals surface area contributed by atoms with Gasteiger partial charge in [-0.1, -0.05) is 36.4 Å². The summed E-state index contributed by atoms with van der Waals surface area (Å²) in [6.07, 6.45) is 3.65. The third-order valence-electron chi connectivity index (χ3n) is 4.25. The van der Waals surface area contributed by atoms with Crippen LogP contribution in [0.2, 0.25) is 0 Å². The molecule has 3 aromatic rings. The van der Waals surface area contributed by atoms with Gasteiger partial charge in [0, 0.05) is 25.5 Å². The van der Waals surface area contributed by atoms with Crippen LogP contribution in [-0.2, 0) is 19.7 Å². The van der Waals surface area contributed by atoms with E-state index in [-0.39, 0.29) is 0 Å². The van der Waals surface area contributed by atoms with Crippen molar-refractivity contribution in [3.63, 3.8) is 0 Å². The molecule has 0 radical (unpaired) electrons. The van der Waals surface area contributed by atoms with E-state index in [1.54, 1.807) is 13.3 Å². The number of hydrogen-bond acceptors (Lipinski definition) is 4. The zero-order chi connectivity index (χ0) is 18.2. The fraction of sp³-hybridized carbons (Fsp3) is 0.227. The molecule has 0 aliphatic rings. The topological polar surface area (TPSA) is 43.4 Å². The minimum Gasteiger partial charge on any atom is -0.493 e. The Morgan fingerprint density at radius 2 is 1.77 bits per heavy atom. The van der Waals surface area contributed by atoms with E-state index in [2.05, 4.69) is 41.5 Å². The van der Waals surface area contributed by atoms with Crippen molar-refractivity contribution in [2.45, 2.75) is 26.6 Å². The van der Waals surface area contributed by atoms with Crippen LogP contribution in [0.4, 0.5) is 0 Å². The molecule has 134 valence electrons. The summed E-state index contributed by atoms with van der Waals surface area (Å²) in [5.41, 5.74) is 4.71. The normalized spacial score (nSPS) is 10.5. The molecule has 0 unspecified atom stereocenters. The second kappa shape index (κ2) is 9.02. The van der Waals surface area contributed by atoms with Crippen LogP contribution >= 0.6 is 0 Å². The van der Waals surface area contributed by atoms with E-state index < -0.39 is 0 Å². The molecule has 0 spiro atoms. The highest BCUT2D eigenvalue weighted by atomic mass is 16.5. The molecule has 1 N–H and O–H groups in total. The van der Waals surface area contributed by atoms with Gasteiger partial charge >= 0.3 is 0 Å². The van der Waals surface area contributed by atoms with E-state index >= 15 is 0 Å². The molecule has 0 atom stereocenters. The van der Waals surface area contributed by atoms with Gasteiger partial charge in [0.1, 0.15) is 6.61 Å². The summed E-state index contributed by atoms with van der Waals surface area (Å²) >= 11 is 0. The lowest BCUT2D eigenvalue weighted by Gasteiger charge is -2.13. The number of aryl methyl sites for hydroxylation is 1. The van der Waals surface area contributed by atoms with Crippen molar-refractivity contribution in [1.29, 1.82) is 0 Å². The predicted molar refractivity (Wildman–Crippen MR) is 103 cm³/mol. The second-order valence-corrected chi connectivity index (χ2v) is 6.17. The molecule has 4 heteroatoms. The summed E-state index contributed by atoms with van der Waals surface area (Å²) < 4.78 is 11.5. The summed E-state index contributed by atoms with van der Waals surface area (Å²) in [4.78, 5) is 4.12. The van der Waals surface area contributed by atoms with Gasteiger partial charge in [0.05, 0.1) is 7.11 Å². The second-order valence-electron chi connectivity index (χ2n) is 6.17. The van der Waals surface area contributed by atoms with Gasteiger partial charge in [-0.3, -0.25) is 4.98 Å². The smallest absolute Gasteiger partial charge is 0.161 e.